The molecule has 0 saturated heterocycles. The van der Waals surface area contributed by atoms with E-state index in [4.69, 9.17) is 10.8 Å². The average molecular weight is 276 g/mol. The molecular weight excluding hydrogens is 256 g/mol. The Morgan fingerprint density at radius 3 is 2.75 bits per heavy atom. The number of fused-ring (bicyclic) bond motifs is 1. The van der Waals surface area contributed by atoms with Gasteiger partial charge < -0.3 is 20.5 Å². The number of aromatic nitrogens is 1. The summed E-state index contributed by atoms with van der Waals surface area (Å²) >= 11 is 0. The van der Waals surface area contributed by atoms with E-state index in [9.17, 15) is 9.90 Å². The minimum Gasteiger partial charge on any atom is -0.478 e. The molecule has 5 nitrogen and oxygen atoms in total. The van der Waals surface area contributed by atoms with Gasteiger partial charge in [0.05, 0.1) is 5.56 Å². The summed E-state index contributed by atoms with van der Waals surface area (Å²) in [6.07, 6.45) is 4.14. The molecule has 0 bridgehead atoms. The zero-order chi connectivity index (χ0) is 14.5. The van der Waals surface area contributed by atoms with E-state index in [1.165, 1.54) is 0 Å². The first kappa shape index (κ1) is 14.6. The number of rotatable bonds is 7. The minimum atomic E-state index is -0.919. The van der Waals surface area contributed by atoms with Crippen molar-refractivity contribution in [2.45, 2.75) is 25.8 Å². The van der Waals surface area contributed by atoms with Crippen LogP contribution >= 0.6 is 0 Å². The molecule has 1 heterocycles. The number of carbonyl (C=O) groups is 1. The Hall–Kier alpha value is -1.85. The zero-order valence-electron chi connectivity index (χ0n) is 11.4. The van der Waals surface area contributed by atoms with Crippen LogP contribution in [0.4, 0.5) is 0 Å². The van der Waals surface area contributed by atoms with Crippen LogP contribution in [-0.2, 0) is 13.0 Å². The number of aryl methyl sites for hydroxylation is 2. The van der Waals surface area contributed by atoms with Crippen LogP contribution in [0.1, 0.15) is 28.8 Å². The lowest BCUT2D eigenvalue weighted by Gasteiger charge is -2.04. The highest BCUT2D eigenvalue weighted by Crippen LogP contribution is 2.26. The molecule has 0 saturated carbocycles. The molecule has 1 aromatic carbocycles. The Labute approximate surface area is 117 Å². The topological polar surface area (TPSA) is 88.5 Å². The van der Waals surface area contributed by atoms with E-state index in [0.29, 0.717) is 24.9 Å². The molecular formula is C15H20N2O3. The average Bonchev–Trinajstić information content (AvgIpc) is 2.80. The normalized spacial score (nSPS) is 11.1. The third kappa shape index (κ3) is 2.84. The lowest BCUT2D eigenvalue weighted by atomic mass is 10.0. The van der Waals surface area contributed by atoms with Crippen molar-refractivity contribution in [3.05, 3.63) is 35.5 Å². The second-order valence-corrected chi connectivity index (χ2v) is 4.82. The second kappa shape index (κ2) is 6.54. The SMILES string of the molecule is NCCCn1cc(CCCO)c2c(C(=O)O)cccc21. The summed E-state index contributed by atoms with van der Waals surface area (Å²) in [7, 11) is 0. The van der Waals surface area contributed by atoms with Gasteiger partial charge in [0.2, 0.25) is 0 Å². The molecule has 2 rings (SSSR count). The van der Waals surface area contributed by atoms with Gasteiger partial charge in [-0.3, -0.25) is 0 Å². The lowest BCUT2D eigenvalue weighted by molar-refractivity contribution is 0.0699. The van der Waals surface area contributed by atoms with Crippen molar-refractivity contribution in [2.75, 3.05) is 13.2 Å². The molecule has 0 radical (unpaired) electrons. The van der Waals surface area contributed by atoms with Crippen molar-refractivity contribution in [3.8, 4) is 0 Å². The van der Waals surface area contributed by atoms with Crippen molar-refractivity contribution in [2.24, 2.45) is 5.73 Å². The molecule has 0 spiro atoms. The quantitative estimate of drug-likeness (QED) is 0.717. The smallest absolute Gasteiger partial charge is 0.336 e. The third-order valence-electron chi connectivity index (χ3n) is 3.42. The van der Waals surface area contributed by atoms with Crippen LogP contribution in [-0.4, -0.2) is 33.9 Å². The fourth-order valence-corrected chi connectivity index (χ4v) is 2.52. The number of nitrogens with two attached hydrogens (primary N) is 1. The number of aliphatic hydroxyl groups is 1. The molecule has 0 aliphatic heterocycles. The fraction of sp³-hybridized carbons (Fsp3) is 0.400. The Morgan fingerprint density at radius 2 is 2.10 bits per heavy atom. The predicted octanol–water partition coefficient (Wildman–Crippen LogP) is 1.61. The number of nitrogens with zero attached hydrogens (tertiary/aromatic N) is 1. The molecule has 108 valence electrons. The summed E-state index contributed by atoms with van der Waals surface area (Å²) in [6.45, 7) is 1.48. The van der Waals surface area contributed by atoms with Gasteiger partial charge in [0.25, 0.3) is 0 Å². The van der Waals surface area contributed by atoms with Crippen LogP contribution in [0.2, 0.25) is 0 Å². The molecule has 20 heavy (non-hydrogen) atoms. The summed E-state index contributed by atoms with van der Waals surface area (Å²) in [5, 5.41) is 19.1. The summed E-state index contributed by atoms with van der Waals surface area (Å²) < 4.78 is 2.06. The number of hydrogen-bond acceptors (Lipinski definition) is 3. The number of hydrogen-bond donors (Lipinski definition) is 3. The number of benzene rings is 1. The van der Waals surface area contributed by atoms with E-state index < -0.39 is 5.97 Å². The molecule has 0 amide bonds. The van der Waals surface area contributed by atoms with Crippen molar-refractivity contribution in [3.63, 3.8) is 0 Å². The number of aromatic carboxylic acids is 1. The maximum absolute atomic E-state index is 11.4. The van der Waals surface area contributed by atoms with Gasteiger partial charge in [0.1, 0.15) is 0 Å². The third-order valence-corrected chi connectivity index (χ3v) is 3.42. The van der Waals surface area contributed by atoms with Crippen LogP contribution in [0.15, 0.2) is 24.4 Å². The van der Waals surface area contributed by atoms with Crippen molar-refractivity contribution < 1.29 is 15.0 Å². The predicted molar refractivity (Wildman–Crippen MR) is 78.0 cm³/mol. The van der Waals surface area contributed by atoms with E-state index in [1.54, 1.807) is 12.1 Å². The van der Waals surface area contributed by atoms with Gasteiger partial charge in [-0.2, -0.15) is 0 Å². The zero-order valence-corrected chi connectivity index (χ0v) is 11.4. The first-order valence-corrected chi connectivity index (χ1v) is 6.84. The second-order valence-electron chi connectivity index (χ2n) is 4.82. The van der Waals surface area contributed by atoms with Gasteiger partial charge >= 0.3 is 5.97 Å². The van der Waals surface area contributed by atoms with Gasteiger partial charge in [-0.25, -0.2) is 4.79 Å². The van der Waals surface area contributed by atoms with E-state index in [2.05, 4.69) is 4.57 Å². The van der Waals surface area contributed by atoms with Gasteiger partial charge in [-0.1, -0.05) is 6.07 Å². The van der Waals surface area contributed by atoms with Gasteiger partial charge in [0, 0.05) is 30.3 Å². The van der Waals surface area contributed by atoms with E-state index in [-0.39, 0.29) is 6.61 Å². The molecule has 0 atom stereocenters. The highest BCUT2D eigenvalue weighted by molar-refractivity contribution is 6.04. The maximum Gasteiger partial charge on any atom is 0.336 e. The van der Waals surface area contributed by atoms with Gasteiger partial charge in [-0.05, 0) is 43.5 Å². The monoisotopic (exact) mass is 276 g/mol. The highest BCUT2D eigenvalue weighted by atomic mass is 16.4. The Bertz CT molecular complexity index is 604. The fourth-order valence-electron chi connectivity index (χ4n) is 2.52. The number of carboxylic acids is 1. The van der Waals surface area contributed by atoms with E-state index in [1.807, 2.05) is 12.3 Å². The van der Waals surface area contributed by atoms with Crippen LogP contribution in [0, 0.1) is 0 Å². The molecule has 5 heteroatoms. The molecule has 2 aromatic rings. The van der Waals surface area contributed by atoms with Crippen LogP contribution < -0.4 is 5.73 Å². The first-order chi connectivity index (χ1) is 9.69. The standard InChI is InChI=1S/C15H20N2O3/c16-7-3-8-17-10-11(4-2-9-18)14-12(15(19)20)5-1-6-13(14)17/h1,5-6,10,18H,2-4,7-9,16H2,(H,19,20). The lowest BCUT2D eigenvalue weighted by Crippen LogP contribution is -2.05. The molecule has 4 N–H and O–H groups in total. The Balaban J connectivity index is 2.54. The number of carboxylic acid groups (broad SMARTS) is 1. The van der Waals surface area contributed by atoms with Crippen LogP contribution in [0.3, 0.4) is 0 Å². The molecule has 0 aliphatic carbocycles. The molecule has 0 fully saturated rings. The number of aliphatic hydroxyl groups excluding tert-OH is 1. The summed E-state index contributed by atoms with van der Waals surface area (Å²) in [5.74, 6) is -0.919. The van der Waals surface area contributed by atoms with Crippen LogP contribution in [0.5, 0.6) is 0 Å². The minimum absolute atomic E-state index is 0.102. The van der Waals surface area contributed by atoms with Gasteiger partial charge in [0.15, 0.2) is 0 Å². The van der Waals surface area contributed by atoms with Crippen molar-refractivity contribution in [1.82, 2.24) is 4.57 Å². The summed E-state index contributed by atoms with van der Waals surface area (Å²) in [6, 6.07) is 5.32. The molecule has 1 aromatic heterocycles. The highest BCUT2D eigenvalue weighted by Gasteiger charge is 2.15. The summed E-state index contributed by atoms with van der Waals surface area (Å²) in [4.78, 5) is 11.4. The van der Waals surface area contributed by atoms with Crippen LogP contribution in [0.25, 0.3) is 10.9 Å². The molecule has 0 unspecified atom stereocenters. The summed E-state index contributed by atoms with van der Waals surface area (Å²) in [5.41, 5.74) is 7.76. The van der Waals surface area contributed by atoms with E-state index in [0.717, 1.165) is 29.4 Å². The Morgan fingerprint density at radius 1 is 1.30 bits per heavy atom. The molecule has 0 aliphatic rings. The van der Waals surface area contributed by atoms with Crippen molar-refractivity contribution in [1.29, 1.82) is 0 Å². The van der Waals surface area contributed by atoms with Crippen molar-refractivity contribution >= 4 is 16.9 Å². The van der Waals surface area contributed by atoms with Gasteiger partial charge in [-0.15, -0.1) is 0 Å². The largest absolute Gasteiger partial charge is 0.478 e. The van der Waals surface area contributed by atoms with E-state index >= 15 is 0 Å². The Kier molecular flexibility index (Phi) is 4.76. The first-order valence-electron chi connectivity index (χ1n) is 6.84. The maximum atomic E-state index is 11.4.